The highest BCUT2D eigenvalue weighted by Crippen LogP contribution is 2.61. The molecule has 44 heavy (non-hydrogen) atoms. The fourth-order valence-corrected chi connectivity index (χ4v) is 10.4. The molecule has 0 aromatic heterocycles. The third-order valence-corrected chi connectivity index (χ3v) is 12.9. The molecule has 5 N–H and O–H groups in total. The van der Waals surface area contributed by atoms with Gasteiger partial charge in [0.2, 0.25) is 0 Å². The molecular weight excluding hydrogens is 576 g/mol. The van der Waals surface area contributed by atoms with E-state index in [1.54, 1.807) is 6.08 Å². The van der Waals surface area contributed by atoms with Gasteiger partial charge in [-0.1, -0.05) is 63.3 Å². The van der Waals surface area contributed by atoms with Crippen LogP contribution in [0.2, 0.25) is 0 Å². The van der Waals surface area contributed by atoms with E-state index in [0.29, 0.717) is 31.1 Å². The highest BCUT2D eigenvalue weighted by molar-refractivity contribution is 7.78. The number of aliphatic hydroxyl groups excluding tert-OH is 5. The standard InChI is InChI=1S/C36H52O7S/c1-34(2)19-24-17-23(18-30(39)36(24,20-37)33(42)32(34)41)25-10-12-28-27(26(25)15-16-44)11-13-29(38)35(28,3)21-43-31(40)14-9-22-7-5-4-6-8-22/h4-9,14,16,23-30,32-33,37-39,41-42H,10-13,15,17-21H2,1-3H3/b14-9+/t23?,24?,25?,26?,27?,28?,29?,30-,32?,33+,35-,36+/m1/s1. The van der Waals surface area contributed by atoms with Crippen LogP contribution in [0.4, 0.5) is 0 Å². The van der Waals surface area contributed by atoms with E-state index in [-0.39, 0.29) is 36.9 Å². The highest BCUT2D eigenvalue weighted by Gasteiger charge is 2.63. The van der Waals surface area contributed by atoms with Crippen LogP contribution in [0.25, 0.3) is 6.08 Å². The number of fused-ring (bicyclic) bond motifs is 2. The lowest BCUT2D eigenvalue weighted by atomic mass is 9.46. The van der Waals surface area contributed by atoms with Crippen LogP contribution in [-0.4, -0.2) is 74.5 Å². The van der Waals surface area contributed by atoms with Crippen LogP contribution in [-0.2, 0) is 9.53 Å². The van der Waals surface area contributed by atoms with Crippen LogP contribution in [0.1, 0.15) is 77.7 Å². The van der Waals surface area contributed by atoms with Gasteiger partial charge in [0.05, 0.1) is 43.0 Å². The SMILES string of the molecule is CC1(C)CC2CC(C3CCC4C(CCC(O)[C@]4(C)COC(=O)/C=C/c4ccccc4)C3CC=S)C[C@@H](O)[C@@]2(CO)[C@@H](O)C1O. The fraction of sp³-hybridized carbons (Fsp3) is 0.722. The Hall–Kier alpha value is -1.68. The maximum Gasteiger partial charge on any atom is 0.330 e. The molecule has 0 saturated heterocycles. The van der Waals surface area contributed by atoms with Crippen molar-refractivity contribution in [1.82, 2.24) is 0 Å². The number of hydrogen-bond donors (Lipinski definition) is 5. The maximum absolute atomic E-state index is 12.7. The first-order chi connectivity index (χ1) is 20.9. The average Bonchev–Trinajstić information content (AvgIpc) is 3.00. The van der Waals surface area contributed by atoms with E-state index in [2.05, 4.69) is 6.92 Å². The molecule has 0 bridgehead atoms. The third kappa shape index (κ3) is 5.95. The molecule has 4 aliphatic carbocycles. The van der Waals surface area contributed by atoms with Gasteiger partial charge < -0.3 is 30.3 Å². The number of carbonyl (C=O) groups excluding carboxylic acids is 1. The van der Waals surface area contributed by atoms with Gasteiger partial charge in [0.25, 0.3) is 0 Å². The molecule has 8 heteroatoms. The monoisotopic (exact) mass is 628 g/mol. The van der Waals surface area contributed by atoms with E-state index in [1.165, 1.54) is 6.08 Å². The van der Waals surface area contributed by atoms with Gasteiger partial charge in [0.15, 0.2) is 0 Å². The van der Waals surface area contributed by atoms with E-state index in [1.807, 2.05) is 49.5 Å². The zero-order valence-corrected chi connectivity index (χ0v) is 27.2. The van der Waals surface area contributed by atoms with Crippen molar-refractivity contribution in [2.75, 3.05) is 13.2 Å². The summed E-state index contributed by atoms with van der Waals surface area (Å²) in [5.74, 6) is 0.734. The molecule has 244 valence electrons. The molecule has 4 aliphatic rings. The first-order valence-corrected chi connectivity index (χ1v) is 17.0. The Bertz CT molecular complexity index is 1190. The van der Waals surface area contributed by atoms with Gasteiger partial charge in [-0.25, -0.2) is 4.79 Å². The number of esters is 1. The average molecular weight is 629 g/mol. The molecule has 0 spiro atoms. The van der Waals surface area contributed by atoms with Gasteiger partial charge in [-0.15, -0.1) is 0 Å². The van der Waals surface area contributed by atoms with Gasteiger partial charge in [-0.3, -0.25) is 0 Å². The van der Waals surface area contributed by atoms with E-state index < -0.39 is 46.6 Å². The lowest BCUT2D eigenvalue weighted by Gasteiger charge is -2.61. The summed E-state index contributed by atoms with van der Waals surface area (Å²) in [5.41, 5.74) is -1.30. The van der Waals surface area contributed by atoms with Crippen molar-refractivity contribution in [3.63, 3.8) is 0 Å². The molecule has 8 unspecified atom stereocenters. The lowest BCUT2D eigenvalue weighted by Crippen LogP contribution is -2.67. The first-order valence-electron chi connectivity index (χ1n) is 16.6. The number of carbonyl (C=O) groups is 1. The normalized spacial score (nSPS) is 43.5. The minimum absolute atomic E-state index is 0.109. The van der Waals surface area contributed by atoms with Crippen molar-refractivity contribution in [1.29, 1.82) is 0 Å². The number of ether oxygens (including phenoxy) is 1. The number of aliphatic hydroxyl groups is 5. The molecular formula is C36H52O7S. The van der Waals surface area contributed by atoms with Crippen molar-refractivity contribution >= 4 is 29.6 Å². The zero-order chi connectivity index (χ0) is 31.9. The molecule has 1 aromatic carbocycles. The summed E-state index contributed by atoms with van der Waals surface area (Å²) < 4.78 is 5.78. The third-order valence-electron chi connectivity index (χ3n) is 12.7. The Morgan fingerprint density at radius 2 is 1.66 bits per heavy atom. The van der Waals surface area contributed by atoms with Gasteiger partial charge in [-0.2, -0.15) is 0 Å². The molecule has 1 aromatic rings. The van der Waals surface area contributed by atoms with Crippen molar-refractivity contribution in [2.24, 2.45) is 51.8 Å². The first kappa shape index (κ1) is 33.7. The predicted molar refractivity (Wildman–Crippen MR) is 173 cm³/mol. The molecule has 7 nitrogen and oxygen atoms in total. The molecule has 0 heterocycles. The number of rotatable bonds is 8. The minimum atomic E-state index is -1.18. The summed E-state index contributed by atoms with van der Waals surface area (Å²) in [6.07, 6.45) is 5.49. The van der Waals surface area contributed by atoms with Crippen LogP contribution >= 0.6 is 12.2 Å². The van der Waals surface area contributed by atoms with Crippen LogP contribution in [0.3, 0.4) is 0 Å². The second-order valence-electron chi connectivity index (χ2n) is 15.3. The summed E-state index contributed by atoms with van der Waals surface area (Å²) in [7, 11) is 0. The van der Waals surface area contributed by atoms with Crippen molar-refractivity contribution in [2.45, 2.75) is 96.6 Å². The van der Waals surface area contributed by atoms with Crippen LogP contribution in [0.15, 0.2) is 36.4 Å². The summed E-state index contributed by atoms with van der Waals surface area (Å²) in [4.78, 5) is 12.7. The largest absolute Gasteiger partial charge is 0.462 e. The Balaban J connectivity index is 1.33. The van der Waals surface area contributed by atoms with Crippen LogP contribution in [0.5, 0.6) is 0 Å². The molecule has 0 amide bonds. The second kappa shape index (κ2) is 13.2. The highest BCUT2D eigenvalue weighted by atomic mass is 32.1. The van der Waals surface area contributed by atoms with E-state index in [4.69, 9.17) is 17.0 Å². The number of thiocarbonyl (C=S) groups is 1. The molecule has 5 rings (SSSR count). The van der Waals surface area contributed by atoms with Crippen LogP contribution in [0, 0.1) is 51.8 Å². The van der Waals surface area contributed by atoms with E-state index in [9.17, 15) is 30.3 Å². The number of hydrogen-bond acceptors (Lipinski definition) is 8. The van der Waals surface area contributed by atoms with Gasteiger partial charge in [-0.05, 0) is 109 Å². The second-order valence-corrected chi connectivity index (χ2v) is 15.7. The van der Waals surface area contributed by atoms with Crippen molar-refractivity contribution < 1.29 is 35.1 Å². The van der Waals surface area contributed by atoms with Crippen molar-refractivity contribution in [3.05, 3.63) is 42.0 Å². The fourth-order valence-electron chi connectivity index (χ4n) is 10.2. The Labute approximate surface area is 267 Å². The Kier molecular flexibility index (Phi) is 10.1. The summed E-state index contributed by atoms with van der Waals surface area (Å²) in [6.45, 7) is 5.77. The predicted octanol–water partition coefficient (Wildman–Crippen LogP) is 4.57. The van der Waals surface area contributed by atoms with Crippen molar-refractivity contribution in [3.8, 4) is 0 Å². The van der Waals surface area contributed by atoms with Gasteiger partial charge >= 0.3 is 5.97 Å². The number of benzene rings is 1. The molecule has 0 aliphatic heterocycles. The lowest BCUT2D eigenvalue weighted by molar-refractivity contribution is -0.247. The van der Waals surface area contributed by atoms with E-state index >= 15 is 0 Å². The quantitative estimate of drug-likeness (QED) is 0.161. The maximum atomic E-state index is 12.7. The molecule has 12 atom stereocenters. The summed E-state index contributed by atoms with van der Waals surface area (Å²) >= 11 is 5.43. The molecule has 0 radical (unpaired) electrons. The van der Waals surface area contributed by atoms with E-state index in [0.717, 1.165) is 37.7 Å². The van der Waals surface area contributed by atoms with Gasteiger partial charge in [0, 0.05) is 11.5 Å². The molecule has 4 saturated carbocycles. The zero-order valence-electron chi connectivity index (χ0n) is 26.4. The smallest absolute Gasteiger partial charge is 0.330 e. The molecule has 4 fully saturated rings. The van der Waals surface area contributed by atoms with Crippen LogP contribution < -0.4 is 0 Å². The van der Waals surface area contributed by atoms with Gasteiger partial charge in [0.1, 0.15) is 0 Å². The minimum Gasteiger partial charge on any atom is -0.462 e. The Morgan fingerprint density at radius 1 is 0.955 bits per heavy atom. The summed E-state index contributed by atoms with van der Waals surface area (Å²) in [5, 5.41) is 57.4. The topological polar surface area (TPSA) is 127 Å². The summed E-state index contributed by atoms with van der Waals surface area (Å²) in [6, 6.07) is 9.60. The Morgan fingerprint density at radius 3 is 2.34 bits per heavy atom.